The average molecular weight is 445 g/mol. The summed E-state index contributed by atoms with van der Waals surface area (Å²) in [6.07, 6.45) is 6.19. The molecule has 0 saturated heterocycles. The number of pyridine rings is 1. The first-order chi connectivity index (χ1) is 14.9. The molecular formula is C21H24N4O5S. The van der Waals surface area contributed by atoms with Gasteiger partial charge in [-0.1, -0.05) is 18.2 Å². The van der Waals surface area contributed by atoms with E-state index in [2.05, 4.69) is 15.2 Å². The zero-order valence-electron chi connectivity index (χ0n) is 17.3. The summed E-state index contributed by atoms with van der Waals surface area (Å²) >= 11 is 0. The Bertz CT molecular complexity index is 1170. The molecule has 0 bridgehead atoms. The number of carbonyl (C=O) groups excluding carboxylic acids is 1. The van der Waals surface area contributed by atoms with Crippen molar-refractivity contribution in [1.29, 1.82) is 0 Å². The van der Waals surface area contributed by atoms with Gasteiger partial charge in [-0.05, 0) is 37.8 Å². The molecule has 0 spiro atoms. The second kappa shape index (κ2) is 8.64. The number of para-hydroxylation sites is 1. The number of benzene rings is 1. The maximum atomic E-state index is 13.3. The van der Waals surface area contributed by atoms with E-state index < -0.39 is 15.9 Å². The monoisotopic (exact) mass is 444 g/mol. The highest BCUT2D eigenvalue weighted by Gasteiger charge is 2.29. The lowest BCUT2D eigenvalue weighted by molar-refractivity contribution is 0.0331. The molecule has 0 unspecified atom stereocenters. The average Bonchev–Trinajstić information content (AvgIpc) is 3.23. The zero-order valence-corrected chi connectivity index (χ0v) is 18.1. The molecule has 9 nitrogen and oxygen atoms in total. The fourth-order valence-corrected chi connectivity index (χ4v) is 4.70. The maximum absolute atomic E-state index is 13.3. The summed E-state index contributed by atoms with van der Waals surface area (Å²) < 4.78 is 37.2. The summed E-state index contributed by atoms with van der Waals surface area (Å²) in [5, 5.41) is 7.38. The van der Waals surface area contributed by atoms with Crippen molar-refractivity contribution in [3.63, 3.8) is 0 Å². The van der Waals surface area contributed by atoms with Crippen molar-refractivity contribution in [2.24, 2.45) is 0 Å². The van der Waals surface area contributed by atoms with E-state index in [1.807, 2.05) is 0 Å². The molecule has 1 aliphatic rings. The molecular weight excluding hydrogens is 420 g/mol. The second-order valence-corrected chi connectivity index (χ2v) is 9.39. The van der Waals surface area contributed by atoms with Crippen molar-refractivity contribution in [3.05, 3.63) is 48.3 Å². The number of nitrogens with zero attached hydrogens (tertiary/aromatic N) is 3. The molecule has 0 aliphatic heterocycles. The quantitative estimate of drug-likeness (QED) is 0.622. The van der Waals surface area contributed by atoms with Crippen LogP contribution in [0, 0.1) is 0 Å². The van der Waals surface area contributed by atoms with Crippen LogP contribution < -0.4 is 9.04 Å². The second-order valence-electron chi connectivity index (χ2n) is 7.56. The maximum Gasteiger partial charge on any atom is 0.290 e. The SMILES string of the molecule is COC1CCC(Oc2cc(C(=O)N(c3ccccc3)S(C)(=O)=O)nc3[nH]ncc23)CC1. The number of H-pyrrole nitrogens is 1. The van der Waals surface area contributed by atoms with Gasteiger partial charge in [-0.25, -0.2) is 17.7 Å². The van der Waals surface area contributed by atoms with E-state index in [1.165, 1.54) is 6.07 Å². The van der Waals surface area contributed by atoms with Gasteiger partial charge in [-0.2, -0.15) is 5.10 Å². The number of sulfonamides is 1. The number of amides is 1. The Balaban J connectivity index is 1.68. The number of methoxy groups -OCH3 is 1. The third kappa shape index (κ3) is 4.54. The van der Waals surface area contributed by atoms with Crippen molar-refractivity contribution in [1.82, 2.24) is 15.2 Å². The predicted octanol–water partition coefficient (Wildman–Crippen LogP) is 2.90. The van der Waals surface area contributed by atoms with Gasteiger partial charge in [0.1, 0.15) is 11.4 Å². The van der Waals surface area contributed by atoms with E-state index in [0.29, 0.717) is 16.8 Å². The van der Waals surface area contributed by atoms with E-state index in [1.54, 1.807) is 43.6 Å². The molecule has 0 radical (unpaired) electrons. The molecule has 1 amide bonds. The zero-order chi connectivity index (χ0) is 22.0. The van der Waals surface area contributed by atoms with Crippen LogP contribution in [0.2, 0.25) is 0 Å². The van der Waals surface area contributed by atoms with Crippen LogP contribution in [0.1, 0.15) is 36.2 Å². The molecule has 1 aliphatic carbocycles. The lowest BCUT2D eigenvalue weighted by atomic mass is 9.95. The fourth-order valence-electron chi connectivity index (χ4n) is 3.80. The van der Waals surface area contributed by atoms with Gasteiger partial charge in [0.25, 0.3) is 5.91 Å². The Kier molecular flexibility index (Phi) is 5.92. The van der Waals surface area contributed by atoms with E-state index >= 15 is 0 Å². The number of carbonyl (C=O) groups is 1. The third-order valence-corrected chi connectivity index (χ3v) is 6.40. The van der Waals surface area contributed by atoms with Gasteiger partial charge in [-0.15, -0.1) is 0 Å². The largest absolute Gasteiger partial charge is 0.490 e. The molecule has 1 saturated carbocycles. The summed E-state index contributed by atoms with van der Waals surface area (Å²) in [5.74, 6) is -0.317. The number of hydrogen-bond donors (Lipinski definition) is 1. The van der Waals surface area contributed by atoms with Crippen molar-refractivity contribution in [2.75, 3.05) is 17.7 Å². The standard InChI is InChI=1S/C21H24N4O5S/c1-29-15-8-10-16(11-9-15)30-19-12-18(23-20-17(19)13-22-24-20)21(26)25(31(2,27)28)14-6-4-3-5-7-14/h3-7,12-13,15-16H,8-11H2,1-2H3,(H,22,23,24). The van der Waals surface area contributed by atoms with Crippen LogP contribution in [0.4, 0.5) is 5.69 Å². The van der Waals surface area contributed by atoms with E-state index in [9.17, 15) is 13.2 Å². The minimum Gasteiger partial charge on any atom is -0.490 e. The van der Waals surface area contributed by atoms with Crippen molar-refractivity contribution >= 4 is 32.7 Å². The highest BCUT2D eigenvalue weighted by molar-refractivity contribution is 7.92. The number of rotatable bonds is 6. The first kappa shape index (κ1) is 21.3. The molecule has 4 rings (SSSR count). The highest BCUT2D eigenvalue weighted by atomic mass is 32.2. The van der Waals surface area contributed by atoms with Crippen molar-refractivity contribution in [2.45, 2.75) is 37.9 Å². The smallest absolute Gasteiger partial charge is 0.290 e. The molecule has 2 heterocycles. The Morgan fingerprint density at radius 2 is 1.81 bits per heavy atom. The molecule has 10 heteroatoms. The van der Waals surface area contributed by atoms with Gasteiger partial charge in [0.05, 0.1) is 35.7 Å². The van der Waals surface area contributed by atoms with Gasteiger partial charge in [-0.3, -0.25) is 9.89 Å². The minimum absolute atomic E-state index is 0.0324. The van der Waals surface area contributed by atoms with Crippen molar-refractivity contribution in [3.8, 4) is 5.75 Å². The summed E-state index contributed by atoms with van der Waals surface area (Å²) in [7, 11) is -2.18. The molecule has 1 aromatic carbocycles. The van der Waals surface area contributed by atoms with E-state index in [-0.39, 0.29) is 23.6 Å². The van der Waals surface area contributed by atoms with Gasteiger partial charge in [0, 0.05) is 13.2 Å². The number of nitrogens with one attached hydrogen (secondary N) is 1. The number of aromatic amines is 1. The lowest BCUT2D eigenvalue weighted by Crippen LogP contribution is -2.36. The summed E-state index contributed by atoms with van der Waals surface area (Å²) in [6.45, 7) is 0. The molecule has 1 fully saturated rings. The number of ether oxygens (including phenoxy) is 2. The van der Waals surface area contributed by atoms with Crippen LogP contribution in [0.15, 0.2) is 42.6 Å². The summed E-state index contributed by atoms with van der Waals surface area (Å²) in [6, 6.07) is 9.67. The van der Waals surface area contributed by atoms with Crippen LogP contribution >= 0.6 is 0 Å². The van der Waals surface area contributed by atoms with Crippen molar-refractivity contribution < 1.29 is 22.7 Å². The minimum atomic E-state index is -3.89. The Hall–Kier alpha value is -2.98. The molecule has 0 atom stereocenters. The van der Waals surface area contributed by atoms with Gasteiger partial charge in [0.15, 0.2) is 5.65 Å². The number of hydrogen-bond acceptors (Lipinski definition) is 7. The Labute approximate surface area is 180 Å². The lowest BCUT2D eigenvalue weighted by Gasteiger charge is -2.28. The third-order valence-electron chi connectivity index (χ3n) is 5.36. The summed E-state index contributed by atoms with van der Waals surface area (Å²) in [5.41, 5.74) is 0.543. The Morgan fingerprint density at radius 3 is 2.45 bits per heavy atom. The van der Waals surface area contributed by atoms with Crippen LogP contribution in [-0.2, 0) is 14.8 Å². The van der Waals surface area contributed by atoms with E-state index in [0.717, 1.165) is 36.2 Å². The van der Waals surface area contributed by atoms with Crippen LogP contribution in [0.3, 0.4) is 0 Å². The van der Waals surface area contributed by atoms with Gasteiger partial charge >= 0.3 is 0 Å². The number of aromatic nitrogens is 3. The van der Waals surface area contributed by atoms with Crippen LogP contribution in [0.25, 0.3) is 11.0 Å². The normalized spacial score (nSPS) is 19.3. The van der Waals surface area contributed by atoms with E-state index in [4.69, 9.17) is 9.47 Å². The topological polar surface area (TPSA) is 114 Å². The molecule has 164 valence electrons. The first-order valence-corrected chi connectivity index (χ1v) is 11.8. The molecule has 31 heavy (non-hydrogen) atoms. The summed E-state index contributed by atoms with van der Waals surface area (Å²) in [4.78, 5) is 17.6. The number of anilines is 1. The van der Waals surface area contributed by atoms with Gasteiger partial charge in [0.2, 0.25) is 10.0 Å². The Morgan fingerprint density at radius 1 is 1.13 bits per heavy atom. The predicted molar refractivity (Wildman–Crippen MR) is 116 cm³/mol. The fraction of sp³-hybridized carbons (Fsp3) is 0.381. The van der Waals surface area contributed by atoms with Gasteiger partial charge < -0.3 is 9.47 Å². The molecule has 1 N–H and O–H groups in total. The highest BCUT2D eigenvalue weighted by Crippen LogP contribution is 2.31. The molecule has 2 aromatic heterocycles. The number of fused-ring (bicyclic) bond motifs is 1. The van der Waals surface area contributed by atoms with Crippen LogP contribution in [-0.4, -0.2) is 55.1 Å². The first-order valence-electron chi connectivity index (χ1n) is 10.00. The van der Waals surface area contributed by atoms with Crippen LogP contribution in [0.5, 0.6) is 5.75 Å². The molecule has 3 aromatic rings.